The summed E-state index contributed by atoms with van der Waals surface area (Å²) in [7, 11) is 1.69. The molecule has 0 radical (unpaired) electrons. The van der Waals surface area contributed by atoms with Crippen molar-refractivity contribution in [2.24, 2.45) is 0 Å². The minimum Gasteiger partial charge on any atom is -0.497 e. The fourth-order valence-electron chi connectivity index (χ4n) is 4.06. The van der Waals surface area contributed by atoms with Gasteiger partial charge in [-0.15, -0.1) is 0 Å². The minimum absolute atomic E-state index is 0.298. The molecule has 1 saturated heterocycles. The third-order valence-corrected chi connectivity index (χ3v) is 5.57. The van der Waals surface area contributed by atoms with Crippen LogP contribution in [0.4, 0.5) is 0 Å². The zero-order chi connectivity index (χ0) is 20.9. The van der Waals surface area contributed by atoms with E-state index < -0.39 is 0 Å². The summed E-state index contributed by atoms with van der Waals surface area (Å²) < 4.78 is 13.3. The van der Waals surface area contributed by atoms with E-state index in [-0.39, 0.29) is 0 Å². The highest BCUT2D eigenvalue weighted by Gasteiger charge is 2.22. The second-order valence-electron chi connectivity index (χ2n) is 8.17. The molecule has 1 fully saturated rings. The molecule has 0 N–H and O–H groups in total. The summed E-state index contributed by atoms with van der Waals surface area (Å²) in [5.74, 6) is 0.856. The molecule has 5 heteroatoms. The Morgan fingerprint density at radius 2 is 1.70 bits per heavy atom. The Labute approximate surface area is 179 Å². The van der Waals surface area contributed by atoms with Gasteiger partial charge in [0.1, 0.15) is 5.75 Å². The maximum absolute atomic E-state index is 6.01. The lowest BCUT2D eigenvalue weighted by molar-refractivity contribution is -0.0279. The van der Waals surface area contributed by atoms with Crippen LogP contribution in [0.2, 0.25) is 0 Å². The van der Waals surface area contributed by atoms with E-state index in [1.807, 2.05) is 35.0 Å². The maximum atomic E-state index is 6.01. The Morgan fingerprint density at radius 1 is 1.00 bits per heavy atom. The van der Waals surface area contributed by atoms with Gasteiger partial charge in [-0.1, -0.05) is 18.2 Å². The molecular weight excluding hydrogens is 374 g/mol. The third kappa shape index (κ3) is 4.91. The molecule has 0 atom stereocenters. The summed E-state index contributed by atoms with van der Waals surface area (Å²) >= 11 is 0. The number of aromatic nitrogens is 2. The quantitative estimate of drug-likeness (QED) is 0.558. The largest absolute Gasteiger partial charge is 0.497 e. The Hall–Kier alpha value is -2.63. The Kier molecular flexibility index (Phi) is 6.50. The van der Waals surface area contributed by atoms with Crippen LogP contribution >= 0.6 is 0 Å². The lowest BCUT2D eigenvalue weighted by Gasteiger charge is -2.32. The van der Waals surface area contributed by atoms with Gasteiger partial charge >= 0.3 is 0 Å². The zero-order valence-corrected chi connectivity index (χ0v) is 18.1. The zero-order valence-electron chi connectivity index (χ0n) is 18.1. The average Bonchev–Trinajstić information content (AvgIpc) is 3.19. The van der Waals surface area contributed by atoms with Crippen molar-refractivity contribution >= 4 is 0 Å². The van der Waals surface area contributed by atoms with Crippen molar-refractivity contribution in [2.45, 2.75) is 45.4 Å². The fourth-order valence-corrected chi connectivity index (χ4v) is 4.06. The molecule has 0 unspecified atom stereocenters. The smallest absolute Gasteiger partial charge is 0.118 e. The van der Waals surface area contributed by atoms with Gasteiger partial charge in [0.25, 0.3) is 0 Å². The monoisotopic (exact) mass is 405 g/mol. The summed E-state index contributed by atoms with van der Waals surface area (Å²) in [6, 6.07) is 18.5. The minimum atomic E-state index is 0.298. The predicted molar refractivity (Wildman–Crippen MR) is 120 cm³/mol. The first kappa shape index (κ1) is 20.6. The number of likely N-dealkylation sites (tertiary alicyclic amines) is 1. The molecule has 1 aliphatic heterocycles. The van der Waals surface area contributed by atoms with Gasteiger partial charge in [0, 0.05) is 37.0 Å². The number of hydrogen-bond donors (Lipinski definition) is 0. The number of rotatable bonds is 7. The highest BCUT2D eigenvalue weighted by atomic mass is 16.5. The van der Waals surface area contributed by atoms with Gasteiger partial charge in [-0.3, -0.25) is 4.90 Å². The van der Waals surface area contributed by atoms with E-state index in [4.69, 9.17) is 14.6 Å². The first-order valence-electron chi connectivity index (χ1n) is 10.8. The molecule has 2 aromatic carbocycles. The molecule has 0 saturated carbocycles. The van der Waals surface area contributed by atoms with Gasteiger partial charge in [-0.2, -0.15) is 5.10 Å². The van der Waals surface area contributed by atoms with Gasteiger partial charge in [0.2, 0.25) is 0 Å². The molecule has 0 aliphatic carbocycles. The third-order valence-electron chi connectivity index (χ3n) is 5.57. The van der Waals surface area contributed by atoms with Crippen LogP contribution in [0, 0.1) is 0 Å². The number of ether oxygens (including phenoxy) is 2. The van der Waals surface area contributed by atoms with Gasteiger partial charge in [0.05, 0.1) is 30.7 Å². The van der Waals surface area contributed by atoms with Crippen LogP contribution < -0.4 is 4.74 Å². The van der Waals surface area contributed by atoms with Crippen molar-refractivity contribution in [3.05, 3.63) is 66.4 Å². The summed E-state index contributed by atoms with van der Waals surface area (Å²) in [5, 5.41) is 4.95. The van der Waals surface area contributed by atoms with Crippen LogP contribution in [0.15, 0.2) is 60.8 Å². The fraction of sp³-hybridized carbons (Fsp3) is 0.400. The Bertz CT molecular complexity index is 927. The second-order valence-corrected chi connectivity index (χ2v) is 8.17. The molecule has 0 spiro atoms. The van der Waals surface area contributed by atoms with Crippen molar-refractivity contribution < 1.29 is 9.47 Å². The van der Waals surface area contributed by atoms with Gasteiger partial charge in [-0.05, 0) is 63.1 Å². The normalized spacial score (nSPS) is 15.6. The number of hydrogen-bond acceptors (Lipinski definition) is 4. The van der Waals surface area contributed by atoms with Crippen LogP contribution in [0.1, 0.15) is 32.3 Å². The van der Waals surface area contributed by atoms with Crippen LogP contribution in [0.3, 0.4) is 0 Å². The van der Waals surface area contributed by atoms with E-state index in [2.05, 4.69) is 49.2 Å². The van der Waals surface area contributed by atoms with Crippen molar-refractivity contribution in [3.63, 3.8) is 0 Å². The van der Waals surface area contributed by atoms with E-state index in [0.717, 1.165) is 55.2 Å². The van der Waals surface area contributed by atoms with Crippen molar-refractivity contribution in [3.8, 4) is 22.7 Å². The predicted octanol–water partition coefficient (Wildman–Crippen LogP) is 4.94. The number of para-hydroxylation sites is 1. The second kappa shape index (κ2) is 9.45. The van der Waals surface area contributed by atoms with Crippen LogP contribution in [-0.4, -0.2) is 47.1 Å². The number of methoxy groups -OCH3 is 1. The summed E-state index contributed by atoms with van der Waals surface area (Å²) in [4.78, 5) is 2.51. The van der Waals surface area contributed by atoms with Crippen molar-refractivity contribution in [1.82, 2.24) is 14.7 Å². The van der Waals surface area contributed by atoms with E-state index in [1.165, 1.54) is 5.56 Å². The molecule has 30 heavy (non-hydrogen) atoms. The van der Waals surface area contributed by atoms with Gasteiger partial charge in [-0.25, -0.2) is 4.68 Å². The number of benzene rings is 2. The van der Waals surface area contributed by atoms with Crippen LogP contribution in [0.25, 0.3) is 16.9 Å². The molecule has 2 heterocycles. The molecular formula is C25H31N3O2. The van der Waals surface area contributed by atoms with E-state index in [0.29, 0.717) is 12.2 Å². The van der Waals surface area contributed by atoms with Crippen LogP contribution in [0.5, 0.6) is 5.75 Å². The molecule has 3 aromatic rings. The summed E-state index contributed by atoms with van der Waals surface area (Å²) in [5.41, 5.74) is 4.45. The molecule has 0 amide bonds. The average molecular weight is 406 g/mol. The summed E-state index contributed by atoms with van der Waals surface area (Å²) in [6.07, 6.45) is 5.03. The topological polar surface area (TPSA) is 39.5 Å². The SMILES string of the molecule is COc1ccc(-c2nn(-c3ccccc3)cc2CN2CCC(OC(C)C)CC2)cc1. The van der Waals surface area contributed by atoms with Crippen molar-refractivity contribution in [1.29, 1.82) is 0 Å². The van der Waals surface area contributed by atoms with Crippen molar-refractivity contribution in [2.75, 3.05) is 20.2 Å². The van der Waals surface area contributed by atoms with Gasteiger partial charge in [0.15, 0.2) is 0 Å². The molecule has 4 rings (SSSR count). The first-order chi connectivity index (χ1) is 14.6. The maximum Gasteiger partial charge on any atom is 0.118 e. The Balaban J connectivity index is 1.57. The lowest BCUT2D eigenvalue weighted by Crippen LogP contribution is -2.37. The molecule has 158 valence electrons. The van der Waals surface area contributed by atoms with Gasteiger partial charge < -0.3 is 9.47 Å². The van der Waals surface area contributed by atoms with E-state index in [9.17, 15) is 0 Å². The van der Waals surface area contributed by atoms with Crippen LogP contribution in [-0.2, 0) is 11.3 Å². The van der Waals surface area contributed by atoms with E-state index in [1.54, 1.807) is 7.11 Å². The molecule has 5 nitrogen and oxygen atoms in total. The number of nitrogens with zero attached hydrogens (tertiary/aromatic N) is 3. The lowest BCUT2D eigenvalue weighted by atomic mass is 10.0. The van der Waals surface area contributed by atoms with E-state index >= 15 is 0 Å². The highest BCUT2D eigenvalue weighted by molar-refractivity contribution is 5.64. The number of piperidine rings is 1. The Morgan fingerprint density at radius 3 is 2.33 bits per heavy atom. The molecule has 1 aromatic heterocycles. The highest BCUT2D eigenvalue weighted by Crippen LogP contribution is 2.28. The standard InChI is InChI=1S/C25H31N3O2/c1-19(2)30-24-13-15-27(16-14-24)17-21-18-28(22-7-5-4-6-8-22)26-25(21)20-9-11-23(29-3)12-10-20/h4-12,18-19,24H,13-17H2,1-3H3. The first-order valence-corrected chi connectivity index (χ1v) is 10.8. The molecule has 1 aliphatic rings. The summed E-state index contributed by atoms with van der Waals surface area (Å²) in [6.45, 7) is 7.23. The molecule has 0 bridgehead atoms.